The van der Waals surface area contributed by atoms with E-state index in [4.69, 9.17) is 11.6 Å². The van der Waals surface area contributed by atoms with Gasteiger partial charge in [0.1, 0.15) is 0 Å². The van der Waals surface area contributed by atoms with Crippen LogP contribution in [0.1, 0.15) is 10.4 Å². The van der Waals surface area contributed by atoms with E-state index in [9.17, 15) is 9.59 Å². The zero-order valence-corrected chi connectivity index (χ0v) is 16.2. The molecular formula is C22H15ClN2O2S. The predicted molar refractivity (Wildman–Crippen MR) is 114 cm³/mol. The van der Waals surface area contributed by atoms with Crippen LogP contribution in [-0.4, -0.2) is 15.0 Å². The number of hydrogen-bond acceptors (Lipinski definition) is 3. The number of hydrogen-bond donors (Lipinski definition) is 0. The van der Waals surface area contributed by atoms with Crippen LogP contribution in [0, 0.1) is 0 Å². The Hall–Kier alpha value is -3.15. The van der Waals surface area contributed by atoms with Crippen molar-refractivity contribution in [2.75, 3.05) is 0 Å². The first kappa shape index (κ1) is 18.2. The highest BCUT2D eigenvalue weighted by Gasteiger charge is 2.19. The SMILES string of the molecule is O=C(C=Cc1ccccc1)n1c(-c2ccc(Cl)s2)cn(-c2ccccc2)c1=O. The fourth-order valence-corrected chi connectivity index (χ4v) is 3.91. The molecule has 0 aliphatic carbocycles. The molecule has 0 unspecified atom stereocenters. The van der Waals surface area contributed by atoms with E-state index in [2.05, 4.69) is 0 Å². The molecule has 2 heterocycles. The molecule has 0 aliphatic heterocycles. The van der Waals surface area contributed by atoms with Gasteiger partial charge in [-0.15, -0.1) is 11.3 Å². The predicted octanol–water partition coefficient (Wildman–Crippen LogP) is 5.37. The van der Waals surface area contributed by atoms with Gasteiger partial charge < -0.3 is 0 Å². The minimum absolute atomic E-state index is 0.414. The highest BCUT2D eigenvalue weighted by molar-refractivity contribution is 7.19. The lowest BCUT2D eigenvalue weighted by Crippen LogP contribution is -2.27. The van der Waals surface area contributed by atoms with Crippen LogP contribution in [0.25, 0.3) is 22.3 Å². The lowest BCUT2D eigenvalue weighted by molar-refractivity contribution is 0.0967. The number of imidazole rings is 1. The Labute approximate surface area is 170 Å². The summed E-state index contributed by atoms with van der Waals surface area (Å²) in [4.78, 5) is 26.7. The fourth-order valence-electron chi connectivity index (χ4n) is 2.86. The van der Waals surface area contributed by atoms with Crippen molar-refractivity contribution in [2.45, 2.75) is 0 Å². The van der Waals surface area contributed by atoms with E-state index in [1.165, 1.54) is 26.5 Å². The average Bonchev–Trinajstić information content (AvgIpc) is 3.31. The molecule has 28 heavy (non-hydrogen) atoms. The number of aromatic nitrogens is 2. The summed E-state index contributed by atoms with van der Waals surface area (Å²) in [5.41, 5.74) is 1.66. The zero-order valence-electron chi connectivity index (χ0n) is 14.7. The fraction of sp³-hybridized carbons (Fsp3) is 0. The second-order valence-corrected chi connectivity index (χ2v) is 7.74. The van der Waals surface area contributed by atoms with E-state index in [1.807, 2.05) is 66.7 Å². The van der Waals surface area contributed by atoms with Crippen molar-refractivity contribution in [3.8, 4) is 16.3 Å². The van der Waals surface area contributed by atoms with Gasteiger partial charge in [0.05, 0.1) is 20.6 Å². The molecule has 0 saturated heterocycles. The molecule has 4 rings (SSSR count). The number of carbonyl (C=O) groups is 1. The van der Waals surface area contributed by atoms with Gasteiger partial charge >= 0.3 is 5.69 Å². The summed E-state index contributed by atoms with van der Waals surface area (Å²) in [5, 5.41) is 0. The van der Waals surface area contributed by atoms with Gasteiger partial charge in [0.15, 0.2) is 0 Å². The standard InChI is InChI=1S/C22H15ClN2O2S/c23-20-13-12-19(28-20)18-15-24(17-9-5-2-6-10-17)22(27)25(18)21(26)14-11-16-7-3-1-4-8-16/h1-15H. The van der Waals surface area contributed by atoms with Crippen LogP contribution in [0.2, 0.25) is 4.34 Å². The molecule has 2 aromatic carbocycles. The normalized spacial score (nSPS) is 11.2. The van der Waals surface area contributed by atoms with E-state index in [-0.39, 0.29) is 0 Å². The van der Waals surface area contributed by atoms with E-state index in [0.29, 0.717) is 15.7 Å². The third kappa shape index (κ3) is 3.63. The Kier molecular flexibility index (Phi) is 5.10. The first-order valence-electron chi connectivity index (χ1n) is 8.56. The molecule has 0 amide bonds. The van der Waals surface area contributed by atoms with Crippen LogP contribution in [0.3, 0.4) is 0 Å². The number of carbonyl (C=O) groups excluding carboxylic acids is 1. The first-order valence-corrected chi connectivity index (χ1v) is 9.76. The van der Waals surface area contributed by atoms with Crippen molar-refractivity contribution in [3.63, 3.8) is 0 Å². The van der Waals surface area contributed by atoms with Gasteiger partial charge in [-0.05, 0) is 35.9 Å². The Morgan fingerprint density at radius 1 is 0.929 bits per heavy atom. The Morgan fingerprint density at radius 3 is 2.25 bits per heavy atom. The third-order valence-corrected chi connectivity index (χ3v) is 5.44. The lowest BCUT2D eigenvalue weighted by Gasteiger charge is -2.01. The van der Waals surface area contributed by atoms with Crippen LogP contribution in [-0.2, 0) is 0 Å². The molecule has 2 aromatic heterocycles. The quantitative estimate of drug-likeness (QED) is 0.427. The Balaban J connectivity index is 1.83. The largest absolute Gasteiger partial charge is 0.340 e. The molecule has 4 nitrogen and oxygen atoms in total. The summed E-state index contributed by atoms with van der Waals surface area (Å²) in [6, 6.07) is 22.2. The molecular weight excluding hydrogens is 392 g/mol. The molecule has 138 valence electrons. The maximum atomic E-state index is 13.1. The molecule has 0 atom stereocenters. The van der Waals surface area contributed by atoms with E-state index >= 15 is 0 Å². The van der Waals surface area contributed by atoms with Crippen LogP contribution in [0.4, 0.5) is 0 Å². The summed E-state index contributed by atoms with van der Waals surface area (Å²) in [6.45, 7) is 0. The number of allylic oxidation sites excluding steroid dienone is 1. The molecule has 0 aliphatic rings. The topological polar surface area (TPSA) is 44.0 Å². The van der Waals surface area contributed by atoms with Crippen molar-refractivity contribution in [1.82, 2.24) is 9.13 Å². The highest BCUT2D eigenvalue weighted by Crippen LogP contribution is 2.31. The van der Waals surface area contributed by atoms with Crippen LogP contribution in [0.5, 0.6) is 0 Å². The smallest absolute Gasteiger partial charge is 0.269 e. The number of nitrogens with zero attached hydrogens (tertiary/aromatic N) is 2. The molecule has 0 spiro atoms. The van der Waals surface area contributed by atoms with Gasteiger partial charge in [-0.1, -0.05) is 60.1 Å². The lowest BCUT2D eigenvalue weighted by atomic mass is 10.2. The molecule has 0 bridgehead atoms. The molecule has 6 heteroatoms. The van der Waals surface area contributed by atoms with Crippen molar-refractivity contribution in [2.24, 2.45) is 0 Å². The summed E-state index contributed by atoms with van der Waals surface area (Å²) < 4.78 is 3.24. The molecule has 0 radical (unpaired) electrons. The summed E-state index contributed by atoms with van der Waals surface area (Å²) in [7, 11) is 0. The van der Waals surface area contributed by atoms with Gasteiger partial charge in [-0.25, -0.2) is 9.36 Å². The van der Waals surface area contributed by atoms with Crippen LogP contribution >= 0.6 is 22.9 Å². The van der Waals surface area contributed by atoms with E-state index < -0.39 is 11.6 Å². The number of rotatable bonds is 4. The third-order valence-electron chi connectivity index (χ3n) is 4.19. The summed E-state index contributed by atoms with van der Waals surface area (Å²) in [6.07, 6.45) is 4.78. The second-order valence-electron chi connectivity index (χ2n) is 6.02. The van der Waals surface area contributed by atoms with E-state index in [1.54, 1.807) is 18.3 Å². The maximum Gasteiger partial charge on any atom is 0.340 e. The Bertz CT molecular complexity index is 1200. The zero-order chi connectivity index (χ0) is 19.5. The van der Waals surface area contributed by atoms with Gasteiger partial charge in [-0.2, -0.15) is 0 Å². The van der Waals surface area contributed by atoms with Crippen molar-refractivity contribution in [1.29, 1.82) is 0 Å². The van der Waals surface area contributed by atoms with Gasteiger partial charge in [0.2, 0.25) is 0 Å². The second kappa shape index (κ2) is 7.84. The van der Waals surface area contributed by atoms with Gasteiger partial charge in [0, 0.05) is 12.3 Å². The average molecular weight is 407 g/mol. The van der Waals surface area contributed by atoms with Gasteiger partial charge in [0.25, 0.3) is 5.91 Å². The monoisotopic (exact) mass is 406 g/mol. The van der Waals surface area contributed by atoms with Crippen molar-refractivity contribution < 1.29 is 4.79 Å². The highest BCUT2D eigenvalue weighted by atomic mass is 35.5. The first-order chi connectivity index (χ1) is 13.6. The summed E-state index contributed by atoms with van der Waals surface area (Å²) >= 11 is 7.39. The minimum atomic E-state index is -0.423. The number of para-hydroxylation sites is 1. The molecule has 0 N–H and O–H groups in total. The van der Waals surface area contributed by atoms with Crippen LogP contribution < -0.4 is 5.69 Å². The van der Waals surface area contributed by atoms with Gasteiger partial charge in [-0.3, -0.25) is 9.36 Å². The molecule has 4 aromatic rings. The van der Waals surface area contributed by atoms with Crippen molar-refractivity contribution >= 4 is 34.9 Å². The summed E-state index contributed by atoms with van der Waals surface area (Å²) in [5.74, 6) is -0.414. The molecule has 0 saturated carbocycles. The molecule has 0 fully saturated rings. The maximum absolute atomic E-state index is 13.1. The Morgan fingerprint density at radius 2 is 1.61 bits per heavy atom. The minimum Gasteiger partial charge on any atom is -0.269 e. The van der Waals surface area contributed by atoms with Crippen molar-refractivity contribution in [3.05, 3.63) is 105 Å². The number of halogens is 1. The number of benzene rings is 2. The number of thiophene rings is 1. The van der Waals surface area contributed by atoms with Crippen LogP contribution in [0.15, 0.2) is 89.9 Å². The van der Waals surface area contributed by atoms with E-state index in [0.717, 1.165) is 10.4 Å².